The Morgan fingerprint density at radius 1 is 0.349 bits per heavy atom. The minimum Gasteiger partial charge on any atom is -0.236 e. The molecule has 2 aromatic heterocycles. The molecule has 6 aromatic carbocycles. The van der Waals surface area contributed by atoms with Crippen molar-refractivity contribution in [3.05, 3.63) is 146 Å². The van der Waals surface area contributed by atoms with E-state index in [1.54, 1.807) is 11.3 Å². The van der Waals surface area contributed by atoms with Crippen LogP contribution in [0.3, 0.4) is 0 Å². The van der Waals surface area contributed by atoms with Crippen molar-refractivity contribution in [1.82, 2.24) is 19.9 Å². The van der Waals surface area contributed by atoms with Gasteiger partial charge in [-0.15, -0.1) is 11.3 Å². The van der Waals surface area contributed by atoms with E-state index < -0.39 is 0 Å². The SMILES string of the molecule is c1ccc(-c2nc(-c3ccccc3)nc(-c3ccc4cc(-c5ccc6sc(-c7ccccc7)nc6c5)ccc4c3)n2)cc1. The molecule has 0 aliphatic rings. The van der Waals surface area contributed by atoms with Crippen LogP contribution in [-0.2, 0) is 0 Å². The first-order valence-corrected chi connectivity index (χ1v) is 15.0. The van der Waals surface area contributed by atoms with Gasteiger partial charge in [-0.05, 0) is 46.2 Å². The molecule has 4 nitrogen and oxygen atoms in total. The molecule has 0 radical (unpaired) electrons. The van der Waals surface area contributed by atoms with E-state index in [0.717, 1.165) is 54.7 Å². The molecule has 0 amide bonds. The molecule has 0 aliphatic heterocycles. The van der Waals surface area contributed by atoms with Gasteiger partial charge in [-0.2, -0.15) is 0 Å². The van der Waals surface area contributed by atoms with Crippen LogP contribution in [0, 0.1) is 0 Å². The van der Waals surface area contributed by atoms with Crippen LogP contribution in [0.2, 0.25) is 0 Å². The fourth-order valence-corrected chi connectivity index (χ4v) is 6.26. The summed E-state index contributed by atoms with van der Waals surface area (Å²) in [4.78, 5) is 19.5. The minimum atomic E-state index is 0.655. The molecule has 0 saturated heterocycles. The smallest absolute Gasteiger partial charge is 0.164 e. The lowest BCUT2D eigenvalue weighted by Crippen LogP contribution is -2.00. The Kier molecular flexibility index (Phi) is 6.28. The highest BCUT2D eigenvalue weighted by atomic mass is 32.1. The third kappa shape index (κ3) is 4.96. The first kappa shape index (κ1) is 25.2. The van der Waals surface area contributed by atoms with E-state index in [9.17, 15) is 0 Å². The van der Waals surface area contributed by atoms with Crippen LogP contribution in [0.25, 0.3) is 76.9 Å². The molecule has 5 heteroatoms. The van der Waals surface area contributed by atoms with Crippen molar-refractivity contribution < 1.29 is 0 Å². The molecule has 0 atom stereocenters. The highest BCUT2D eigenvalue weighted by Gasteiger charge is 2.13. The average Bonchev–Trinajstić information content (AvgIpc) is 3.53. The van der Waals surface area contributed by atoms with Gasteiger partial charge in [-0.1, -0.05) is 121 Å². The Hall–Kier alpha value is -5.52. The first-order chi connectivity index (χ1) is 21.3. The van der Waals surface area contributed by atoms with Crippen LogP contribution in [-0.4, -0.2) is 19.9 Å². The summed E-state index contributed by atoms with van der Waals surface area (Å²) in [5, 5.41) is 3.33. The summed E-state index contributed by atoms with van der Waals surface area (Å²) in [6.45, 7) is 0. The molecule has 43 heavy (non-hydrogen) atoms. The van der Waals surface area contributed by atoms with Gasteiger partial charge in [0, 0.05) is 22.3 Å². The summed E-state index contributed by atoms with van der Waals surface area (Å²) < 4.78 is 1.19. The highest BCUT2D eigenvalue weighted by Crippen LogP contribution is 2.34. The Balaban J connectivity index is 1.16. The van der Waals surface area contributed by atoms with E-state index >= 15 is 0 Å². The van der Waals surface area contributed by atoms with Gasteiger partial charge in [0.15, 0.2) is 17.5 Å². The lowest BCUT2D eigenvalue weighted by molar-refractivity contribution is 1.07. The molecule has 0 aliphatic carbocycles. The van der Waals surface area contributed by atoms with Gasteiger partial charge in [0.25, 0.3) is 0 Å². The van der Waals surface area contributed by atoms with Gasteiger partial charge in [0.1, 0.15) is 5.01 Å². The maximum Gasteiger partial charge on any atom is 0.164 e. The molecular weight excluding hydrogens is 545 g/mol. The van der Waals surface area contributed by atoms with E-state index in [-0.39, 0.29) is 0 Å². The zero-order valence-corrected chi connectivity index (χ0v) is 23.9. The molecule has 2 heterocycles. The number of nitrogens with zero attached hydrogens (tertiary/aromatic N) is 4. The molecule has 0 spiro atoms. The van der Waals surface area contributed by atoms with E-state index in [2.05, 4.69) is 78.9 Å². The van der Waals surface area contributed by atoms with Crippen LogP contribution >= 0.6 is 11.3 Å². The number of hydrogen-bond acceptors (Lipinski definition) is 5. The second-order valence-corrected chi connectivity index (χ2v) is 11.4. The van der Waals surface area contributed by atoms with Crippen molar-refractivity contribution >= 4 is 32.3 Å². The zero-order valence-electron chi connectivity index (χ0n) is 23.1. The van der Waals surface area contributed by atoms with E-state index in [4.69, 9.17) is 19.9 Å². The fourth-order valence-electron chi connectivity index (χ4n) is 5.31. The normalized spacial score (nSPS) is 11.3. The number of aromatic nitrogens is 4. The van der Waals surface area contributed by atoms with E-state index in [1.165, 1.54) is 4.70 Å². The van der Waals surface area contributed by atoms with Crippen LogP contribution in [0.5, 0.6) is 0 Å². The maximum atomic E-state index is 4.93. The lowest BCUT2D eigenvalue weighted by Gasteiger charge is -2.10. The van der Waals surface area contributed by atoms with Gasteiger partial charge >= 0.3 is 0 Å². The quantitative estimate of drug-likeness (QED) is 0.207. The summed E-state index contributed by atoms with van der Waals surface area (Å²) in [5.74, 6) is 1.97. The van der Waals surface area contributed by atoms with E-state index in [1.807, 2.05) is 66.7 Å². The predicted molar refractivity (Wildman–Crippen MR) is 178 cm³/mol. The molecule has 0 N–H and O–H groups in total. The van der Waals surface area contributed by atoms with Crippen molar-refractivity contribution in [3.63, 3.8) is 0 Å². The molecule has 0 saturated carbocycles. The summed E-state index contributed by atoms with van der Waals surface area (Å²) in [7, 11) is 0. The van der Waals surface area contributed by atoms with Crippen molar-refractivity contribution in [2.75, 3.05) is 0 Å². The lowest BCUT2D eigenvalue weighted by atomic mass is 9.99. The van der Waals surface area contributed by atoms with Crippen LogP contribution in [0.4, 0.5) is 0 Å². The Morgan fingerprint density at radius 2 is 0.814 bits per heavy atom. The van der Waals surface area contributed by atoms with Crippen molar-refractivity contribution in [2.24, 2.45) is 0 Å². The average molecular weight is 569 g/mol. The molecule has 8 rings (SSSR count). The maximum absolute atomic E-state index is 4.93. The van der Waals surface area contributed by atoms with Crippen molar-refractivity contribution in [2.45, 2.75) is 0 Å². The van der Waals surface area contributed by atoms with Gasteiger partial charge in [-0.3, -0.25) is 0 Å². The molecule has 0 unspecified atom stereocenters. The third-order valence-electron chi connectivity index (χ3n) is 7.54. The summed E-state index contributed by atoms with van der Waals surface area (Å²) in [5.41, 5.74) is 7.36. The minimum absolute atomic E-state index is 0.655. The monoisotopic (exact) mass is 568 g/mol. The van der Waals surface area contributed by atoms with Gasteiger partial charge in [-0.25, -0.2) is 19.9 Å². The summed E-state index contributed by atoms with van der Waals surface area (Å²) >= 11 is 1.73. The highest BCUT2D eigenvalue weighted by molar-refractivity contribution is 7.21. The van der Waals surface area contributed by atoms with Crippen LogP contribution < -0.4 is 0 Å². The van der Waals surface area contributed by atoms with Crippen LogP contribution in [0.15, 0.2) is 146 Å². The zero-order chi connectivity index (χ0) is 28.6. The Labute approximate surface area is 253 Å². The largest absolute Gasteiger partial charge is 0.236 e. The summed E-state index contributed by atoms with van der Waals surface area (Å²) in [6.07, 6.45) is 0. The molecule has 202 valence electrons. The predicted octanol–water partition coefficient (Wildman–Crippen LogP) is 9.97. The molecule has 8 aromatic rings. The number of benzene rings is 6. The van der Waals surface area contributed by atoms with Crippen molar-refractivity contribution in [3.8, 4) is 55.9 Å². The summed E-state index contributed by atoms with van der Waals surface area (Å²) in [6, 6.07) is 50.0. The molecule has 0 fully saturated rings. The van der Waals surface area contributed by atoms with E-state index in [0.29, 0.717) is 17.5 Å². The number of hydrogen-bond donors (Lipinski definition) is 0. The number of rotatable bonds is 5. The first-order valence-electron chi connectivity index (χ1n) is 14.1. The van der Waals surface area contributed by atoms with Crippen LogP contribution in [0.1, 0.15) is 0 Å². The van der Waals surface area contributed by atoms with Crippen molar-refractivity contribution in [1.29, 1.82) is 0 Å². The molecule has 0 bridgehead atoms. The number of fused-ring (bicyclic) bond motifs is 2. The van der Waals surface area contributed by atoms with Gasteiger partial charge in [0.2, 0.25) is 0 Å². The van der Waals surface area contributed by atoms with Gasteiger partial charge in [0.05, 0.1) is 10.2 Å². The molecular formula is C38H24N4S. The van der Waals surface area contributed by atoms with Gasteiger partial charge < -0.3 is 0 Å². The Morgan fingerprint density at radius 3 is 1.42 bits per heavy atom. The topological polar surface area (TPSA) is 51.6 Å². The number of thiazole rings is 1. The fraction of sp³-hybridized carbons (Fsp3) is 0. The third-order valence-corrected chi connectivity index (χ3v) is 8.62. The second kappa shape index (κ2) is 10.7. The second-order valence-electron chi connectivity index (χ2n) is 10.4. The Bertz CT molecular complexity index is 2170. The standard InChI is InChI=1S/C38H24N4S/c1-4-10-25(11-5-1)35-40-36(26-12-6-2-7-13-26)42-37(41-35)32-19-18-28-22-29(16-17-30(28)23-32)31-20-21-34-33(24-31)39-38(43-34)27-14-8-3-9-15-27/h1-24H.